The van der Waals surface area contributed by atoms with Crippen LogP contribution in [0.25, 0.3) is 22.0 Å². The number of terminal acetylenes is 1. The molecule has 1 aliphatic heterocycles. The number of aliphatic hydroxyl groups excluding tert-OH is 1. The number of hydrogen-bond donors (Lipinski definition) is 3. The quantitative estimate of drug-likeness (QED) is 0.538. The molecule has 4 rings (SSSR count). The molecule has 0 amide bonds. The smallest absolute Gasteiger partial charge is 0.134 e. The summed E-state index contributed by atoms with van der Waals surface area (Å²) in [5, 5.41) is 15.0. The molecule has 0 aliphatic carbocycles. The highest BCUT2D eigenvalue weighted by molar-refractivity contribution is 5.98. The van der Waals surface area contributed by atoms with Gasteiger partial charge >= 0.3 is 0 Å². The number of aromatic amines is 1. The number of anilines is 1. The van der Waals surface area contributed by atoms with Crippen molar-refractivity contribution >= 4 is 16.6 Å². The molecule has 2 atom stereocenters. The Balaban J connectivity index is 2.06. The topological polar surface area (TPSA) is 48.0 Å². The standard InChI is InChI=1S/C23H23FN2O/c1-6-14-19-13(3)22(27)23(4,5)26-18(19)10-17(24)20(14)16-9-7-8-15-12(2)11-25-21(15)16/h1,7-11,13,22,25-27H,2-5H3/t13-,22?/m0/s1. The Kier molecular flexibility index (Phi) is 3.83. The molecule has 27 heavy (non-hydrogen) atoms. The molecule has 1 aromatic heterocycles. The molecule has 0 fully saturated rings. The maximum atomic E-state index is 15.3. The molecular formula is C23H23FN2O. The fourth-order valence-electron chi connectivity index (χ4n) is 4.36. The van der Waals surface area contributed by atoms with E-state index >= 15 is 4.39 Å². The van der Waals surface area contributed by atoms with E-state index in [2.05, 4.69) is 16.2 Å². The first-order chi connectivity index (χ1) is 12.8. The predicted molar refractivity (Wildman–Crippen MR) is 108 cm³/mol. The highest BCUT2D eigenvalue weighted by Gasteiger charge is 2.40. The molecule has 1 unspecified atom stereocenters. The second-order valence-corrected chi connectivity index (χ2v) is 7.99. The van der Waals surface area contributed by atoms with Gasteiger partial charge in [0.05, 0.1) is 17.2 Å². The summed E-state index contributed by atoms with van der Waals surface area (Å²) in [6.07, 6.45) is 7.14. The Bertz CT molecular complexity index is 1100. The third-order valence-corrected chi connectivity index (χ3v) is 5.78. The van der Waals surface area contributed by atoms with E-state index in [1.165, 1.54) is 6.07 Å². The van der Waals surface area contributed by atoms with Gasteiger partial charge in [0.2, 0.25) is 0 Å². The van der Waals surface area contributed by atoms with E-state index in [-0.39, 0.29) is 11.7 Å². The lowest BCUT2D eigenvalue weighted by atomic mass is 9.76. The minimum atomic E-state index is -0.640. The van der Waals surface area contributed by atoms with Gasteiger partial charge in [0.1, 0.15) is 5.82 Å². The number of para-hydroxylation sites is 1. The zero-order valence-electron chi connectivity index (χ0n) is 15.9. The number of halogens is 1. The molecule has 0 saturated heterocycles. The van der Waals surface area contributed by atoms with E-state index in [4.69, 9.17) is 6.42 Å². The summed E-state index contributed by atoms with van der Waals surface area (Å²) in [5.74, 6) is 2.12. The summed E-state index contributed by atoms with van der Waals surface area (Å²) < 4.78 is 15.3. The number of aromatic nitrogens is 1. The first-order valence-corrected chi connectivity index (χ1v) is 9.12. The summed E-state index contributed by atoms with van der Waals surface area (Å²) in [4.78, 5) is 3.25. The first-order valence-electron chi connectivity index (χ1n) is 9.12. The second-order valence-electron chi connectivity index (χ2n) is 7.99. The van der Waals surface area contributed by atoms with Crippen LogP contribution in [0.2, 0.25) is 0 Å². The van der Waals surface area contributed by atoms with Gasteiger partial charge in [-0.3, -0.25) is 0 Å². The molecule has 3 nitrogen and oxygen atoms in total. The van der Waals surface area contributed by atoms with Crippen LogP contribution in [0.1, 0.15) is 43.4 Å². The van der Waals surface area contributed by atoms with Crippen LogP contribution in [0.5, 0.6) is 0 Å². The fraction of sp³-hybridized carbons (Fsp3) is 0.304. The van der Waals surface area contributed by atoms with Crippen molar-refractivity contribution in [3.63, 3.8) is 0 Å². The van der Waals surface area contributed by atoms with Crippen LogP contribution in [0, 0.1) is 25.1 Å². The summed E-state index contributed by atoms with van der Waals surface area (Å²) in [6.45, 7) is 7.76. The lowest BCUT2D eigenvalue weighted by molar-refractivity contribution is 0.0868. The van der Waals surface area contributed by atoms with Crippen LogP contribution in [0.4, 0.5) is 10.1 Å². The molecular weight excluding hydrogens is 339 g/mol. The van der Waals surface area contributed by atoms with Gasteiger partial charge in [-0.05, 0) is 38.0 Å². The van der Waals surface area contributed by atoms with Crippen molar-refractivity contribution in [1.82, 2.24) is 4.98 Å². The molecule has 0 bridgehead atoms. The third kappa shape index (κ3) is 2.46. The second kappa shape index (κ2) is 5.87. The fourth-order valence-corrected chi connectivity index (χ4v) is 4.36. The SMILES string of the molecule is C#Cc1c(-c2cccc3c(C)c[nH]c23)c(F)cc2c1[C@H](C)C(O)C(C)(C)N2. The van der Waals surface area contributed by atoms with Crippen molar-refractivity contribution < 1.29 is 9.50 Å². The largest absolute Gasteiger partial charge is 0.390 e. The van der Waals surface area contributed by atoms with Gasteiger partial charge in [0.25, 0.3) is 0 Å². The molecule has 0 saturated carbocycles. The van der Waals surface area contributed by atoms with Gasteiger partial charge in [0, 0.05) is 39.9 Å². The summed E-state index contributed by atoms with van der Waals surface area (Å²) in [7, 11) is 0. The zero-order valence-corrected chi connectivity index (χ0v) is 15.9. The molecule has 0 spiro atoms. The Hall–Kier alpha value is -2.77. The third-order valence-electron chi connectivity index (χ3n) is 5.78. The lowest BCUT2D eigenvalue weighted by Crippen LogP contribution is -2.50. The molecule has 4 heteroatoms. The van der Waals surface area contributed by atoms with Crippen LogP contribution in [-0.2, 0) is 0 Å². The number of benzene rings is 2. The minimum absolute atomic E-state index is 0.216. The highest BCUT2D eigenvalue weighted by Crippen LogP contribution is 2.45. The number of H-pyrrole nitrogens is 1. The van der Waals surface area contributed by atoms with Gasteiger partial charge in [-0.15, -0.1) is 6.42 Å². The molecule has 3 aromatic rings. The van der Waals surface area contributed by atoms with E-state index in [9.17, 15) is 5.11 Å². The van der Waals surface area contributed by atoms with Gasteiger partial charge < -0.3 is 15.4 Å². The van der Waals surface area contributed by atoms with Crippen LogP contribution in [0.15, 0.2) is 30.5 Å². The molecule has 2 aromatic carbocycles. The Morgan fingerprint density at radius 2 is 2.04 bits per heavy atom. The molecule has 1 aliphatic rings. The summed E-state index contributed by atoms with van der Waals surface area (Å²) in [6, 6.07) is 7.31. The number of aliphatic hydroxyl groups is 1. The Morgan fingerprint density at radius 1 is 1.30 bits per heavy atom. The van der Waals surface area contributed by atoms with Crippen LogP contribution in [-0.4, -0.2) is 21.7 Å². The van der Waals surface area contributed by atoms with E-state index in [1.807, 2.05) is 52.1 Å². The highest BCUT2D eigenvalue weighted by atomic mass is 19.1. The zero-order chi connectivity index (χ0) is 19.5. The van der Waals surface area contributed by atoms with Crippen molar-refractivity contribution in [2.45, 2.75) is 45.3 Å². The molecule has 3 N–H and O–H groups in total. The lowest BCUT2D eigenvalue weighted by Gasteiger charge is -2.43. The Morgan fingerprint density at radius 3 is 2.74 bits per heavy atom. The maximum absolute atomic E-state index is 15.3. The van der Waals surface area contributed by atoms with Gasteiger partial charge in [-0.25, -0.2) is 4.39 Å². The minimum Gasteiger partial charge on any atom is -0.390 e. The van der Waals surface area contributed by atoms with E-state index in [1.54, 1.807) is 0 Å². The average Bonchev–Trinajstić information content (AvgIpc) is 3.00. The van der Waals surface area contributed by atoms with E-state index in [0.29, 0.717) is 16.8 Å². The molecule has 138 valence electrons. The average molecular weight is 362 g/mol. The van der Waals surface area contributed by atoms with Crippen LogP contribution >= 0.6 is 0 Å². The monoisotopic (exact) mass is 362 g/mol. The van der Waals surface area contributed by atoms with E-state index in [0.717, 1.165) is 27.6 Å². The van der Waals surface area contributed by atoms with E-state index < -0.39 is 11.6 Å². The number of hydrogen-bond acceptors (Lipinski definition) is 2. The van der Waals surface area contributed by atoms with Crippen molar-refractivity contribution in [3.05, 3.63) is 53.0 Å². The number of rotatable bonds is 1. The number of aryl methyl sites for hydroxylation is 1. The summed E-state index contributed by atoms with van der Waals surface area (Å²) in [5.41, 5.74) is 4.48. The maximum Gasteiger partial charge on any atom is 0.134 e. The van der Waals surface area contributed by atoms with Gasteiger partial charge in [0.15, 0.2) is 0 Å². The van der Waals surface area contributed by atoms with Crippen LogP contribution in [0.3, 0.4) is 0 Å². The predicted octanol–water partition coefficient (Wildman–Crippen LogP) is 4.93. The van der Waals surface area contributed by atoms with Gasteiger partial charge in [-0.1, -0.05) is 31.0 Å². The summed E-state index contributed by atoms with van der Waals surface area (Å²) >= 11 is 0. The van der Waals surface area contributed by atoms with Gasteiger partial charge in [-0.2, -0.15) is 0 Å². The van der Waals surface area contributed by atoms with Crippen molar-refractivity contribution in [2.75, 3.05) is 5.32 Å². The number of fused-ring (bicyclic) bond motifs is 2. The normalized spacial score (nSPS) is 20.8. The Labute approximate surface area is 158 Å². The first kappa shape index (κ1) is 17.6. The van der Waals surface area contributed by atoms with Crippen molar-refractivity contribution in [1.29, 1.82) is 0 Å². The van der Waals surface area contributed by atoms with Crippen LogP contribution < -0.4 is 5.32 Å². The van der Waals surface area contributed by atoms with Crippen molar-refractivity contribution in [3.8, 4) is 23.5 Å². The molecule has 0 radical (unpaired) electrons. The molecule has 2 heterocycles. The number of nitrogens with one attached hydrogen (secondary N) is 2. The van der Waals surface area contributed by atoms with Crippen molar-refractivity contribution in [2.24, 2.45) is 0 Å².